The highest BCUT2D eigenvalue weighted by molar-refractivity contribution is 6.38. The lowest BCUT2D eigenvalue weighted by Gasteiger charge is -2.23. The van der Waals surface area contributed by atoms with Crippen molar-refractivity contribution in [2.45, 2.75) is 237 Å². The van der Waals surface area contributed by atoms with E-state index in [0.717, 1.165) is 16.8 Å². The van der Waals surface area contributed by atoms with Crippen molar-refractivity contribution in [3.8, 4) is 0 Å². The van der Waals surface area contributed by atoms with Gasteiger partial charge in [-0.05, 0) is 93.5 Å². The highest BCUT2D eigenvalue weighted by Gasteiger charge is 2.20. The van der Waals surface area contributed by atoms with Crippen LogP contribution in [0.1, 0.15) is 234 Å². The maximum absolute atomic E-state index is 11.6. The van der Waals surface area contributed by atoms with Gasteiger partial charge in [-0.3, -0.25) is 38.4 Å². The van der Waals surface area contributed by atoms with Gasteiger partial charge in [0.15, 0.2) is 5.78 Å². The summed E-state index contributed by atoms with van der Waals surface area (Å²) in [5.41, 5.74) is 2.90. The molecular formula is C65H114N4O11. The van der Waals surface area contributed by atoms with Gasteiger partial charge in [0.05, 0.1) is 29.6 Å². The van der Waals surface area contributed by atoms with Crippen molar-refractivity contribution < 1.29 is 52.6 Å². The number of Topliss-reactive ketones (excluding diaryl/α,β-unsaturated/α-hetero) is 4. The summed E-state index contributed by atoms with van der Waals surface area (Å²) in [5, 5.41) is 0. The summed E-state index contributed by atoms with van der Waals surface area (Å²) < 4.78 is 21.4. The number of nitrogens with zero attached hydrogens (tertiary/aromatic N) is 4. The molecule has 15 nitrogen and oxygen atoms in total. The fourth-order valence-corrected chi connectivity index (χ4v) is 6.03. The Hall–Kier alpha value is -5.60. The number of hydrogen-bond donors (Lipinski definition) is 0. The molecular weight excluding hydrogens is 1010 g/mol. The minimum atomic E-state index is -0.255. The van der Waals surface area contributed by atoms with Crippen molar-refractivity contribution in [3.05, 3.63) is 72.1 Å². The molecule has 0 radical (unpaired) electrons. The Morgan fingerprint density at radius 2 is 0.850 bits per heavy atom. The molecule has 0 aliphatic heterocycles. The van der Waals surface area contributed by atoms with Crippen LogP contribution in [-0.4, -0.2) is 84.7 Å². The highest BCUT2D eigenvalue weighted by atomic mass is 16.5. The van der Waals surface area contributed by atoms with Crippen LogP contribution in [0, 0.1) is 53.3 Å². The average Bonchev–Trinajstić information content (AvgIpc) is 4.17. The standard InChI is InChI=1S/2C12H19NO2.C11H17NO.C8H17NO.C8H14O2.C7H14O2.C7H14O/c1-9(2)12(14)15-8-11-5-6-13(7-11)10(3)4;1-9(2)12(14)15-8-11-6-5-7-13(11)10(3)4;1-8(2)11(13)10-5-6-12(7-10)9(3)4;1-6(2)8(10)9(5)7(3)4;1-5(2)7(9)8(10)6(3)4;1-5(2)7(8)9-6(3)4;1-5(2)7(8)6(3)4/h2*5-7,9-10H,8H2,1-4H3;5-9H,1-4H3;6-7H,1-5H3;5-6H,1-4H3;5-6H,1-4H3;5-6H,1-4H3. The molecule has 0 fully saturated rings. The molecule has 80 heavy (non-hydrogen) atoms. The third-order valence-corrected chi connectivity index (χ3v) is 11.5. The summed E-state index contributed by atoms with van der Waals surface area (Å²) in [5.74, 6) is 0.0375. The van der Waals surface area contributed by atoms with Crippen LogP contribution in [0.5, 0.6) is 0 Å². The molecule has 0 aliphatic rings. The molecule has 0 saturated carbocycles. The first-order chi connectivity index (χ1) is 36.6. The predicted molar refractivity (Wildman–Crippen MR) is 326 cm³/mol. The van der Waals surface area contributed by atoms with E-state index in [1.165, 1.54) is 0 Å². The van der Waals surface area contributed by atoms with E-state index in [0.29, 0.717) is 43.2 Å². The van der Waals surface area contributed by atoms with Crippen LogP contribution in [0.15, 0.2) is 55.2 Å². The zero-order chi connectivity index (χ0) is 63.6. The second kappa shape index (κ2) is 42.3. The molecule has 0 atom stereocenters. The topological polar surface area (TPSA) is 182 Å². The minimum Gasteiger partial charge on any atom is -0.463 e. The number of ether oxygens (including phenoxy) is 3. The smallest absolute Gasteiger partial charge is 0.308 e. The third kappa shape index (κ3) is 36.6. The lowest BCUT2D eigenvalue weighted by atomic mass is 9.98. The van der Waals surface area contributed by atoms with Gasteiger partial charge in [-0.1, -0.05) is 125 Å². The van der Waals surface area contributed by atoms with Gasteiger partial charge in [0, 0.05) is 109 Å². The van der Waals surface area contributed by atoms with E-state index in [1.807, 2.05) is 187 Å². The largest absolute Gasteiger partial charge is 0.463 e. The molecule has 15 heteroatoms. The zero-order valence-electron chi connectivity index (χ0n) is 55.5. The number of esters is 3. The number of aromatic nitrogens is 3. The van der Waals surface area contributed by atoms with Crippen molar-refractivity contribution in [1.82, 2.24) is 18.6 Å². The van der Waals surface area contributed by atoms with Crippen LogP contribution in [0.25, 0.3) is 0 Å². The van der Waals surface area contributed by atoms with E-state index in [9.17, 15) is 38.4 Å². The minimum absolute atomic E-state index is 0.00704. The number of amides is 1. The molecule has 0 N–H and O–H groups in total. The Balaban J connectivity index is -0.000000427. The molecule has 0 saturated heterocycles. The molecule has 3 aromatic rings. The van der Waals surface area contributed by atoms with E-state index in [-0.39, 0.29) is 101 Å². The fourth-order valence-electron chi connectivity index (χ4n) is 6.03. The Morgan fingerprint density at radius 1 is 0.438 bits per heavy atom. The summed E-state index contributed by atoms with van der Waals surface area (Å²) in [6.07, 6.45) is 9.91. The summed E-state index contributed by atoms with van der Waals surface area (Å²) in [6.45, 7) is 54.5. The van der Waals surface area contributed by atoms with Crippen LogP contribution >= 0.6 is 0 Å². The van der Waals surface area contributed by atoms with Gasteiger partial charge < -0.3 is 32.8 Å². The van der Waals surface area contributed by atoms with E-state index in [4.69, 9.17) is 14.2 Å². The lowest BCUT2D eigenvalue weighted by Crippen LogP contribution is -2.35. The first-order valence-corrected chi connectivity index (χ1v) is 29.0. The van der Waals surface area contributed by atoms with Crippen LogP contribution < -0.4 is 0 Å². The molecule has 0 spiro atoms. The monoisotopic (exact) mass is 1130 g/mol. The molecule has 460 valence electrons. The highest BCUT2D eigenvalue weighted by Crippen LogP contribution is 2.15. The van der Waals surface area contributed by atoms with E-state index < -0.39 is 0 Å². The molecule has 0 unspecified atom stereocenters. The van der Waals surface area contributed by atoms with Gasteiger partial charge in [-0.25, -0.2) is 0 Å². The van der Waals surface area contributed by atoms with Gasteiger partial charge in [-0.15, -0.1) is 0 Å². The van der Waals surface area contributed by atoms with Crippen LogP contribution in [0.2, 0.25) is 0 Å². The van der Waals surface area contributed by atoms with Crippen molar-refractivity contribution in [3.63, 3.8) is 0 Å². The van der Waals surface area contributed by atoms with Crippen molar-refractivity contribution in [2.24, 2.45) is 53.3 Å². The normalized spacial score (nSPS) is 10.9. The Bertz CT molecular complexity index is 2200. The SMILES string of the molecule is CC(C)C(=O)C(=O)C(C)C.CC(C)C(=O)C(C)C.CC(C)C(=O)N(C)C(C)C.CC(C)C(=O)OCc1cccn1C(C)C.CC(C)C(=O)OCc1ccn(C(C)C)c1.CC(C)C(=O)c1ccn(C(C)C)c1.CC(C)OC(=O)C(C)C. The zero-order valence-corrected chi connectivity index (χ0v) is 55.5. The predicted octanol–water partition coefficient (Wildman–Crippen LogP) is 14.9. The van der Waals surface area contributed by atoms with Crippen molar-refractivity contribution in [2.75, 3.05) is 7.05 Å². The maximum atomic E-state index is 11.6. The number of ketones is 4. The van der Waals surface area contributed by atoms with Crippen molar-refractivity contribution in [1.29, 1.82) is 0 Å². The van der Waals surface area contributed by atoms with Gasteiger partial charge in [0.1, 0.15) is 19.0 Å². The number of rotatable bonds is 20. The van der Waals surface area contributed by atoms with Crippen LogP contribution in [0.3, 0.4) is 0 Å². The van der Waals surface area contributed by atoms with Gasteiger partial charge >= 0.3 is 17.9 Å². The Labute approximate surface area is 486 Å². The summed E-state index contributed by atoms with van der Waals surface area (Å²) in [6, 6.07) is 9.40. The molecule has 0 aromatic carbocycles. The maximum Gasteiger partial charge on any atom is 0.308 e. The quantitative estimate of drug-likeness (QED) is 0.0454. The molecule has 1 amide bonds. The molecule has 3 rings (SSSR count). The third-order valence-electron chi connectivity index (χ3n) is 11.5. The second-order valence-corrected chi connectivity index (χ2v) is 24.1. The first-order valence-electron chi connectivity index (χ1n) is 29.0. The second-order valence-electron chi connectivity index (χ2n) is 24.1. The molecule has 0 bridgehead atoms. The molecule has 0 aliphatic carbocycles. The lowest BCUT2D eigenvalue weighted by molar-refractivity contribution is -0.151. The number of carbonyl (C=O) groups excluding carboxylic acids is 8. The molecule has 3 heterocycles. The van der Waals surface area contributed by atoms with Crippen LogP contribution in [0.4, 0.5) is 0 Å². The number of hydrogen-bond acceptors (Lipinski definition) is 11. The fraction of sp³-hybridized carbons (Fsp3) is 0.692. The Kier molecular flexibility index (Phi) is 42.7. The molecule has 3 aromatic heterocycles. The van der Waals surface area contributed by atoms with Gasteiger partial charge in [-0.2, -0.15) is 0 Å². The van der Waals surface area contributed by atoms with Crippen LogP contribution in [-0.2, 0) is 61.0 Å². The summed E-state index contributed by atoms with van der Waals surface area (Å²) >= 11 is 0. The average molecular weight is 1130 g/mol. The van der Waals surface area contributed by atoms with Gasteiger partial charge in [0.25, 0.3) is 0 Å². The number of carbonyl (C=O) groups is 8. The summed E-state index contributed by atoms with van der Waals surface area (Å²) in [4.78, 5) is 90.5. The first kappa shape index (κ1) is 80.9. The summed E-state index contributed by atoms with van der Waals surface area (Å²) in [7, 11) is 1.84. The van der Waals surface area contributed by atoms with Crippen molar-refractivity contribution >= 4 is 46.9 Å². The Morgan fingerprint density at radius 3 is 1.12 bits per heavy atom. The van der Waals surface area contributed by atoms with E-state index in [1.54, 1.807) is 32.6 Å². The van der Waals surface area contributed by atoms with Gasteiger partial charge in [0.2, 0.25) is 17.5 Å². The van der Waals surface area contributed by atoms with E-state index >= 15 is 0 Å². The van der Waals surface area contributed by atoms with E-state index in [2.05, 4.69) is 55.2 Å².